The van der Waals surface area contributed by atoms with Crippen LogP contribution >= 0.6 is 0 Å². The fourth-order valence-corrected chi connectivity index (χ4v) is 1.97. The molecule has 1 aromatic rings. The Labute approximate surface area is 86.7 Å². The van der Waals surface area contributed by atoms with Gasteiger partial charge in [-0.3, -0.25) is 0 Å². The van der Waals surface area contributed by atoms with Crippen molar-refractivity contribution < 1.29 is 0 Å². The Hall–Kier alpha value is -1.30. The van der Waals surface area contributed by atoms with Gasteiger partial charge in [-0.15, -0.1) is 0 Å². The Morgan fingerprint density at radius 3 is 2.47 bits per heavy atom. The van der Waals surface area contributed by atoms with Crippen molar-refractivity contribution in [2.75, 3.05) is 6.54 Å². The molecule has 1 aliphatic rings. The minimum Gasteiger partial charge on any atom is -0.314 e. The number of nitrogens with one attached hydrogen (secondary N) is 3. The second-order valence-corrected chi connectivity index (χ2v) is 4.22. The van der Waals surface area contributed by atoms with Crippen LogP contribution in [-0.4, -0.2) is 27.4 Å². The van der Waals surface area contributed by atoms with Crippen molar-refractivity contribution in [2.24, 2.45) is 5.92 Å². The zero-order chi connectivity index (χ0) is 10.8. The van der Waals surface area contributed by atoms with Crippen molar-refractivity contribution in [3.8, 4) is 0 Å². The van der Waals surface area contributed by atoms with Crippen LogP contribution in [0.5, 0.6) is 0 Å². The summed E-state index contributed by atoms with van der Waals surface area (Å²) >= 11 is 0. The molecule has 0 amide bonds. The minimum atomic E-state index is -0.348. The topological polar surface area (TPSA) is 82.7 Å². The van der Waals surface area contributed by atoms with Crippen LogP contribution in [0, 0.1) is 5.92 Å². The molecule has 2 rings (SSSR count). The van der Waals surface area contributed by atoms with Gasteiger partial charge in [0.2, 0.25) is 0 Å². The number of hydrogen-bond acceptors (Lipinski definition) is 3. The number of H-pyrrole nitrogens is 2. The van der Waals surface area contributed by atoms with Crippen molar-refractivity contribution >= 4 is 0 Å². The number of aromatic amines is 2. The van der Waals surface area contributed by atoms with E-state index in [4.69, 9.17) is 0 Å². The SMILES string of the molecule is CC1CCC(Cn2c(=O)[nH][nH]c2=O)CN1. The van der Waals surface area contributed by atoms with Gasteiger partial charge in [-0.1, -0.05) is 0 Å². The molecule has 1 aliphatic heterocycles. The predicted octanol–water partition coefficient (Wildman–Crippen LogP) is -0.747. The maximum Gasteiger partial charge on any atom is 0.344 e. The molecule has 0 aromatic carbocycles. The molecule has 0 bridgehead atoms. The summed E-state index contributed by atoms with van der Waals surface area (Å²) in [6, 6.07) is 0.544. The summed E-state index contributed by atoms with van der Waals surface area (Å²) in [4.78, 5) is 22.5. The van der Waals surface area contributed by atoms with Gasteiger partial charge in [-0.25, -0.2) is 24.4 Å². The van der Waals surface area contributed by atoms with Gasteiger partial charge in [0.05, 0.1) is 0 Å². The Morgan fingerprint density at radius 1 is 1.27 bits per heavy atom. The van der Waals surface area contributed by atoms with Gasteiger partial charge in [0.15, 0.2) is 0 Å². The molecule has 6 heteroatoms. The Balaban J connectivity index is 2.04. The average molecular weight is 212 g/mol. The second-order valence-electron chi connectivity index (χ2n) is 4.22. The molecule has 1 fully saturated rings. The van der Waals surface area contributed by atoms with Crippen LogP contribution in [0.2, 0.25) is 0 Å². The van der Waals surface area contributed by atoms with E-state index in [0.717, 1.165) is 19.4 Å². The lowest BCUT2D eigenvalue weighted by molar-refractivity contribution is 0.290. The first-order valence-electron chi connectivity index (χ1n) is 5.27. The highest BCUT2D eigenvalue weighted by Gasteiger charge is 2.19. The molecule has 1 aromatic heterocycles. The molecule has 6 nitrogen and oxygen atoms in total. The summed E-state index contributed by atoms with van der Waals surface area (Å²) in [5.74, 6) is 0.371. The van der Waals surface area contributed by atoms with Crippen LogP contribution in [0.3, 0.4) is 0 Å². The number of piperidine rings is 1. The molecule has 0 aliphatic carbocycles. The second kappa shape index (κ2) is 4.06. The molecule has 2 heterocycles. The van der Waals surface area contributed by atoms with E-state index in [1.807, 2.05) is 0 Å². The summed E-state index contributed by atoms with van der Waals surface area (Å²) in [7, 11) is 0. The van der Waals surface area contributed by atoms with E-state index >= 15 is 0 Å². The van der Waals surface area contributed by atoms with Gasteiger partial charge >= 0.3 is 11.4 Å². The highest BCUT2D eigenvalue weighted by Crippen LogP contribution is 2.14. The number of aromatic nitrogens is 3. The van der Waals surface area contributed by atoms with E-state index in [2.05, 4.69) is 22.4 Å². The molecule has 0 spiro atoms. The third-order valence-electron chi connectivity index (χ3n) is 2.97. The molecule has 84 valence electrons. The maximum atomic E-state index is 11.2. The van der Waals surface area contributed by atoms with Crippen molar-refractivity contribution in [1.29, 1.82) is 0 Å². The van der Waals surface area contributed by atoms with Gasteiger partial charge in [0, 0.05) is 12.6 Å². The standard InChI is InChI=1S/C9H16N4O2/c1-6-2-3-7(4-10-6)5-13-8(14)11-12-9(13)15/h6-7,10H,2-5H2,1H3,(H,11,14)(H,12,15). The van der Waals surface area contributed by atoms with E-state index in [1.54, 1.807) is 0 Å². The van der Waals surface area contributed by atoms with E-state index in [0.29, 0.717) is 18.5 Å². The zero-order valence-corrected chi connectivity index (χ0v) is 8.75. The lowest BCUT2D eigenvalue weighted by Crippen LogP contribution is -2.41. The van der Waals surface area contributed by atoms with Crippen LogP contribution in [0.4, 0.5) is 0 Å². The highest BCUT2D eigenvalue weighted by atomic mass is 16.2. The zero-order valence-electron chi connectivity index (χ0n) is 8.75. The number of rotatable bonds is 2. The first-order chi connectivity index (χ1) is 7.16. The molecule has 0 saturated carbocycles. The molecule has 1 saturated heterocycles. The molecule has 2 atom stereocenters. The fraction of sp³-hybridized carbons (Fsp3) is 0.778. The lowest BCUT2D eigenvalue weighted by atomic mass is 9.95. The molecule has 2 unspecified atom stereocenters. The maximum absolute atomic E-state index is 11.2. The van der Waals surface area contributed by atoms with Gasteiger partial charge in [-0.05, 0) is 32.2 Å². The fourth-order valence-electron chi connectivity index (χ4n) is 1.97. The van der Waals surface area contributed by atoms with Crippen molar-refractivity contribution in [3.05, 3.63) is 21.0 Å². The van der Waals surface area contributed by atoms with Gasteiger partial charge in [0.25, 0.3) is 0 Å². The quantitative estimate of drug-likeness (QED) is 0.603. The number of hydrogen-bond donors (Lipinski definition) is 3. The minimum absolute atomic E-state index is 0.348. The van der Waals surface area contributed by atoms with E-state index in [1.165, 1.54) is 4.57 Å². The van der Waals surface area contributed by atoms with Crippen LogP contribution in [0.1, 0.15) is 19.8 Å². The van der Waals surface area contributed by atoms with Crippen molar-refractivity contribution in [2.45, 2.75) is 32.4 Å². The third kappa shape index (κ3) is 2.20. The predicted molar refractivity (Wildman–Crippen MR) is 55.9 cm³/mol. The average Bonchev–Trinajstić information content (AvgIpc) is 2.53. The molecular weight excluding hydrogens is 196 g/mol. The molecule has 3 N–H and O–H groups in total. The first kappa shape index (κ1) is 10.2. The van der Waals surface area contributed by atoms with Crippen molar-refractivity contribution in [1.82, 2.24) is 20.1 Å². The van der Waals surface area contributed by atoms with Gasteiger partial charge < -0.3 is 5.32 Å². The largest absolute Gasteiger partial charge is 0.344 e. The third-order valence-corrected chi connectivity index (χ3v) is 2.97. The summed E-state index contributed by atoms with van der Waals surface area (Å²) < 4.78 is 1.22. The monoisotopic (exact) mass is 212 g/mol. The van der Waals surface area contributed by atoms with Crippen molar-refractivity contribution in [3.63, 3.8) is 0 Å². The summed E-state index contributed by atoms with van der Waals surface area (Å²) in [5, 5.41) is 7.92. The normalized spacial score (nSPS) is 26.7. The van der Waals surface area contributed by atoms with Gasteiger partial charge in [0.1, 0.15) is 0 Å². The van der Waals surface area contributed by atoms with Crippen LogP contribution < -0.4 is 16.7 Å². The molecule has 15 heavy (non-hydrogen) atoms. The number of nitrogens with zero attached hydrogens (tertiary/aromatic N) is 1. The van der Waals surface area contributed by atoms with Gasteiger partial charge in [-0.2, -0.15) is 0 Å². The Kier molecular flexibility index (Phi) is 2.77. The van der Waals surface area contributed by atoms with E-state index in [9.17, 15) is 9.59 Å². The Morgan fingerprint density at radius 2 is 1.93 bits per heavy atom. The highest BCUT2D eigenvalue weighted by molar-refractivity contribution is 4.77. The lowest BCUT2D eigenvalue weighted by Gasteiger charge is -2.27. The Bertz CT molecular complexity index is 394. The summed E-state index contributed by atoms with van der Waals surface area (Å²) in [5.41, 5.74) is -0.697. The van der Waals surface area contributed by atoms with Crippen LogP contribution in [0.15, 0.2) is 9.59 Å². The summed E-state index contributed by atoms with van der Waals surface area (Å²) in [6.07, 6.45) is 2.16. The first-order valence-corrected chi connectivity index (χ1v) is 5.27. The smallest absolute Gasteiger partial charge is 0.314 e. The van der Waals surface area contributed by atoms with E-state index in [-0.39, 0.29) is 11.4 Å². The van der Waals surface area contributed by atoms with Crippen LogP contribution in [0.25, 0.3) is 0 Å². The molecule has 0 radical (unpaired) electrons. The molecular formula is C9H16N4O2. The van der Waals surface area contributed by atoms with Crippen LogP contribution in [-0.2, 0) is 6.54 Å². The summed E-state index contributed by atoms with van der Waals surface area (Å²) in [6.45, 7) is 3.51. The van der Waals surface area contributed by atoms with E-state index < -0.39 is 0 Å².